The lowest BCUT2D eigenvalue weighted by molar-refractivity contribution is -0.181. The van der Waals surface area contributed by atoms with Gasteiger partial charge in [-0.05, 0) is 48.1 Å². The van der Waals surface area contributed by atoms with E-state index in [9.17, 15) is 0 Å². The van der Waals surface area contributed by atoms with E-state index in [-0.39, 0.29) is 12.4 Å². The second kappa shape index (κ2) is 22.9. The fraction of sp³-hybridized carbons (Fsp3) is 0.706. The normalized spacial score (nSPS) is 16.4. The van der Waals surface area contributed by atoms with Gasteiger partial charge in [0.25, 0.3) is 0 Å². The Balaban J connectivity index is 1.12. The van der Waals surface area contributed by atoms with Crippen LogP contribution in [0.25, 0.3) is 10.8 Å². The zero-order chi connectivity index (χ0) is 28.6. The Morgan fingerprint density at radius 1 is 0.732 bits per heavy atom. The number of rotatable bonds is 25. The largest absolute Gasteiger partial charge is 0.377 e. The van der Waals surface area contributed by atoms with Crippen LogP contribution < -0.4 is 0 Å². The molecule has 0 amide bonds. The smallest absolute Gasteiger partial charge is 0.157 e. The number of hydrogen-bond acceptors (Lipinski definition) is 7. The monoisotopic (exact) mass is 574 g/mol. The third-order valence-electron chi connectivity index (χ3n) is 7.27. The lowest BCUT2D eigenvalue weighted by Gasteiger charge is -2.25. The highest BCUT2D eigenvalue weighted by molar-refractivity contribution is 5.82. The van der Waals surface area contributed by atoms with Crippen molar-refractivity contribution in [3.05, 3.63) is 48.0 Å². The van der Waals surface area contributed by atoms with Gasteiger partial charge in [-0.15, -0.1) is 0 Å². The van der Waals surface area contributed by atoms with E-state index in [0.717, 1.165) is 25.9 Å². The molecule has 2 atom stereocenters. The molecular formula is C34H54O7. The van der Waals surface area contributed by atoms with Gasteiger partial charge in [0, 0.05) is 6.61 Å². The topological polar surface area (TPSA) is 64.6 Å². The molecule has 41 heavy (non-hydrogen) atoms. The van der Waals surface area contributed by atoms with Crippen LogP contribution in [0, 0.1) is 0 Å². The van der Waals surface area contributed by atoms with Crippen LogP contribution in [-0.2, 0) is 39.8 Å². The van der Waals surface area contributed by atoms with Crippen LogP contribution >= 0.6 is 0 Å². The van der Waals surface area contributed by atoms with Crippen molar-refractivity contribution >= 4 is 10.8 Å². The molecule has 1 saturated heterocycles. The average Bonchev–Trinajstić information content (AvgIpc) is 3.01. The quantitative estimate of drug-likeness (QED) is 0.117. The molecule has 0 spiro atoms. The highest BCUT2D eigenvalue weighted by atomic mass is 16.7. The number of ether oxygens (including phenoxy) is 7. The van der Waals surface area contributed by atoms with Crippen molar-refractivity contribution in [2.75, 3.05) is 66.1 Å². The van der Waals surface area contributed by atoms with E-state index in [4.69, 9.17) is 33.2 Å². The molecule has 0 saturated carbocycles. The minimum Gasteiger partial charge on any atom is -0.377 e. The Bertz CT molecular complexity index is 886. The predicted molar refractivity (Wildman–Crippen MR) is 163 cm³/mol. The summed E-state index contributed by atoms with van der Waals surface area (Å²) in [6.07, 6.45) is 12.0. The number of unbranched alkanes of at least 4 members (excludes halogenated alkanes) is 5. The van der Waals surface area contributed by atoms with E-state index in [1.807, 2.05) is 0 Å². The molecule has 1 fully saturated rings. The maximum atomic E-state index is 6.12. The molecule has 7 heteroatoms. The molecule has 232 valence electrons. The Hall–Kier alpha value is -1.58. The molecular weight excluding hydrogens is 520 g/mol. The second-order valence-electron chi connectivity index (χ2n) is 10.7. The Labute approximate surface area is 248 Å². The van der Waals surface area contributed by atoms with Crippen LogP contribution in [0.5, 0.6) is 0 Å². The molecule has 0 aliphatic carbocycles. The van der Waals surface area contributed by atoms with Crippen LogP contribution in [0.1, 0.15) is 76.7 Å². The van der Waals surface area contributed by atoms with Crippen molar-refractivity contribution in [2.45, 2.75) is 90.1 Å². The van der Waals surface area contributed by atoms with Gasteiger partial charge in [0.2, 0.25) is 0 Å². The van der Waals surface area contributed by atoms with Crippen molar-refractivity contribution in [1.29, 1.82) is 0 Å². The number of fused-ring (bicyclic) bond motifs is 1. The van der Waals surface area contributed by atoms with Gasteiger partial charge >= 0.3 is 0 Å². The molecule has 1 aliphatic rings. The molecule has 3 rings (SSSR count). The first kappa shape index (κ1) is 33.9. The zero-order valence-electron chi connectivity index (χ0n) is 25.4. The van der Waals surface area contributed by atoms with E-state index in [2.05, 4.69) is 49.4 Å². The lowest BCUT2D eigenvalue weighted by Crippen LogP contribution is -2.29. The minimum absolute atomic E-state index is 0.0697. The molecule has 7 nitrogen and oxygen atoms in total. The summed E-state index contributed by atoms with van der Waals surface area (Å²) < 4.78 is 40.5. The first-order chi connectivity index (χ1) is 20.3. The zero-order valence-corrected chi connectivity index (χ0v) is 25.4. The maximum Gasteiger partial charge on any atom is 0.157 e. The van der Waals surface area contributed by atoms with Gasteiger partial charge in [0.1, 0.15) is 0 Å². The van der Waals surface area contributed by atoms with Crippen molar-refractivity contribution in [2.24, 2.45) is 0 Å². The Kier molecular flexibility index (Phi) is 19.0. The standard InChI is InChI=1S/C34H54O7/c1-2-3-4-5-6-7-14-33(29-41-34-15-10-11-18-40-34)39-26-25-37-22-21-35-19-20-36-23-24-38-28-30-16-17-31-12-8-9-13-32(31)27-30/h8-9,12-13,16-17,27,33-34H,2-7,10-11,14-15,18-26,28-29H2,1H3/t33-,34?/m1/s1. The molecule has 0 bridgehead atoms. The highest BCUT2D eigenvalue weighted by Crippen LogP contribution is 2.17. The third-order valence-corrected chi connectivity index (χ3v) is 7.27. The summed E-state index contributed by atoms with van der Waals surface area (Å²) in [6.45, 7) is 8.68. The third kappa shape index (κ3) is 16.0. The van der Waals surface area contributed by atoms with Gasteiger partial charge in [-0.2, -0.15) is 0 Å². The van der Waals surface area contributed by atoms with Crippen LogP contribution in [0.3, 0.4) is 0 Å². The maximum absolute atomic E-state index is 6.12. The Morgan fingerprint density at radius 3 is 2.15 bits per heavy atom. The van der Waals surface area contributed by atoms with E-state index in [1.165, 1.54) is 61.3 Å². The summed E-state index contributed by atoms with van der Waals surface area (Å²) in [5.74, 6) is 0. The number of hydrogen-bond donors (Lipinski definition) is 0. The highest BCUT2D eigenvalue weighted by Gasteiger charge is 2.17. The molecule has 2 aromatic carbocycles. The summed E-state index contributed by atoms with van der Waals surface area (Å²) in [7, 11) is 0. The van der Waals surface area contributed by atoms with Crippen LogP contribution in [0.15, 0.2) is 42.5 Å². The van der Waals surface area contributed by atoms with Gasteiger partial charge in [0.05, 0.1) is 72.2 Å². The van der Waals surface area contributed by atoms with Gasteiger partial charge < -0.3 is 33.2 Å². The van der Waals surface area contributed by atoms with Crippen molar-refractivity contribution in [3.8, 4) is 0 Å². The summed E-state index contributed by atoms with van der Waals surface area (Å²) in [4.78, 5) is 0. The molecule has 1 unspecified atom stereocenters. The molecule has 0 radical (unpaired) electrons. The van der Waals surface area contributed by atoms with E-state index in [1.54, 1.807) is 0 Å². The van der Waals surface area contributed by atoms with Gasteiger partial charge in [-0.1, -0.05) is 81.8 Å². The first-order valence-corrected chi connectivity index (χ1v) is 16.0. The molecule has 1 aliphatic heterocycles. The van der Waals surface area contributed by atoms with E-state index < -0.39 is 0 Å². The number of benzene rings is 2. The minimum atomic E-state index is -0.0697. The summed E-state index contributed by atoms with van der Waals surface area (Å²) in [5, 5.41) is 2.48. The fourth-order valence-corrected chi connectivity index (χ4v) is 4.88. The van der Waals surface area contributed by atoms with Crippen LogP contribution in [0.4, 0.5) is 0 Å². The molecule has 2 aromatic rings. The predicted octanol–water partition coefficient (Wildman–Crippen LogP) is 7.09. The second-order valence-corrected chi connectivity index (χ2v) is 10.7. The van der Waals surface area contributed by atoms with Crippen molar-refractivity contribution < 1.29 is 33.2 Å². The SMILES string of the molecule is CCCCCCCC[C@H](COC1CCCCO1)OCCOCCOCCOCCOCc1ccc2ccccc2c1. The van der Waals surface area contributed by atoms with E-state index in [0.29, 0.717) is 66.1 Å². The summed E-state index contributed by atoms with van der Waals surface area (Å²) >= 11 is 0. The molecule has 1 heterocycles. The summed E-state index contributed by atoms with van der Waals surface area (Å²) in [6, 6.07) is 14.8. The van der Waals surface area contributed by atoms with Gasteiger partial charge in [-0.3, -0.25) is 0 Å². The average molecular weight is 575 g/mol. The van der Waals surface area contributed by atoms with Gasteiger partial charge in [-0.25, -0.2) is 0 Å². The first-order valence-electron chi connectivity index (χ1n) is 16.0. The van der Waals surface area contributed by atoms with Gasteiger partial charge in [0.15, 0.2) is 6.29 Å². The molecule has 0 aromatic heterocycles. The van der Waals surface area contributed by atoms with Crippen molar-refractivity contribution in [3.63, 3.8) is 0 Å². The van der Waals surface area contributed by atoms with Crippen LogP contribution in [0.2, 0.25) is 0 Å². The van der Waals surface area contributed by atoms with Crippen molar-refractivity contribution in [1.82, 2.24) is 0 Å². The van der Waals surface area contributed by atoms with E-state index >= 15 is 0 Å². The molecule has 0 N–H and O–H groups in total. The Morgan fingerprint density at radius 2 is 1.41 bits per heavy atom. The summed E-state index contributed by atoms with van der Waals surface area (Å²) in [5.41, 5.74) is 1.17. The lowest BCUT2D eigenvalue weighted by atomic mass is 10.1. The van der Waals surface area contributed by atoms with Crippen LogP contribution in [-0.4, -0.2) is 78.5 Å². The fourth-order valence-electron chi connectivity index (χ4n) is 4.88.